The Bertz CT molecular complexity index is 584. The topological polar surface area (TPSA) is 42.0 Å². The first kappa shape index (κ1) is 15.9. The predicted octanol–water partition coefficient (Wildman–Crippen LogP) is 2.63. The molecule has 5 nitrogen and oxygen atoms in total. The van der Waals surface area contributed by atoms with E-state index in [2.05, 4.69) is 17.1 Å². The first-order valence-electron chi connectivity index (χ1n) is 8.07. The lowest BCUT2D eigenvalue weighted by atomic mass is 9.93. The Hall–Kier alpha value is -2.01. The molecule has 0 aliphatic carbocycles. The van der Waals surface area contributed by atoms with Crippen LogP contribution in [0, 0.1) is 0 Å². The van der Waals surface area contributed by atoms with Crippen molar-refractivity contribution in [3.8, 4) is 5.75 Å². The molecule has 5 heteroatoms. The van der Waals surface area contributed by atoms with Gasteiger partial charge in [-0.3, -0.25) is 4.90 Å². The van der Waals surface area contributed by atoms with Crippen LogP contribution in [0.2, 0.25) is 0 Å². The molecule has 0 radical (unpaired) electrons. The quantitative estimate of drug-likeness (QED) is 0.856. The van der Waals surface area contributed by atoms with Gasteiger partial charge in [0.1, 0.15) is 11.4 Å². The summed E-state index contributed by atoms with van der Waals surface area (Å²) in [7, 11) is 3.48. The summed E-state index contributed by atoms with van der Waals surface area (Å²) in [5.74, 6) is 0.868. The molecule has 0 saturated carbocycles. The summed E-state index contributed by atoms with van der Waals surface area (Å²) in [6.45, 7) is 3.44. The molecule has 2 aliphatic heterocycles. The summed E-state index contributed by atoms with van der Waals surface area (Å²) in [6.07, 6.45) is 6.12. The van der Waals surface area contributed by atoms with E-state index in [0.29, 0.717) is 6.54 Å². The number of benzene rings is 1. The molecular formula is C18H24N2O3. The van der Waals surface area contributed by atoms with E-state index in [-0.39, 0.29) is 11.7 Å². The number of likely N-dealkylation sites (tertiary alicyclic amines) is 1. The van der Waals surface area contributed by atoms with Crippen LogP contribution in [0.25, 0.3) is 6.08 Å². The number of carbonyl (C=O) groups excluding carboxylic acids is 1. The highest BCUT2D eigenvalue weighted by atomic mass is 16.6. The predicted molar refractivity (Wildman–Crippen MR) is 89.5 cm³/mol. The SMILES string of the molecule is COc1ccc(/C=C/CN2CCC[C@@]3(C2)CN(C)C(=O)O3)cc1. The summed E-state index contributed by atoms with van der Waals surface area (Å²) in [4.78, 5) is 15.7. The van der Waals surface area contributed by atoms with Crippen LogP contribution in [0.5, 0.6) is 5.75 Å². The minimum atomic E-state index is -0.308. The van der Waals surface area contributed by atoms with E-state index in [1.54, 1.807) is 19.1 Å². The summed E-state index contributed by atoms with van der Waals surface area (Å²) < 4.78 is 10.8. The van der Waals surface area contributed by atoms with Crippen LogP contribution < -0.4 is 4.74 Å². The van der Waals surface area contributed by atoms with Crippen LogP contribution >= 0.6 is 0 Å². The lowest BCUT2D eigenvalue weighted by molar-refractivity contribution is -0.00509. The molecule has 0 unspecified atom stereocenters. The van der Waals surface area contributed by atoms with Crippen LogP contribution in [0.3, 0.4) is 0 Å². The molecule has 0 aromatic heterocycles. The van der Waals surface area contributed by atoms with Gasteiger partial charge in [-0.2, -0.15) is 0 Å². The highest BCUT2D eigenvalue weighted by molar-refractivity contribution is 5.70. The van der Waals surface area contributed by atoms with Crippen molar-refractivity contribution in [3.05, 3.63) is 35.9 Å². The summed E-state index contributed by atoms with van der Waals surface area (Å²) >= 11 is 0. The van der Waals surface area contributed by atoms with Gasteiger partial charge in [0, 0.05) is 20.1 Å². The first-order valence-corrected chi connectivity index (χ1v) is 8.07. The van der Waals surface area contributed by atoms with Crippen molar-refractivity contribution in [1.29, 1.82) is 0 Å². The maximum Gasteiger partial charge on any atom is 0.410 e. The number of carbonyl (C=O) groups is 1. The van der Waals surface area contributed by atoms with Crippen molar-refractivity contribution in [3.63, 3.8) is 0 Å². The largest absolute Gasteiger partial charge is 0.497 e. The van der Waals surface area contributed by atoms with Crippen LogP contribution in [-0.2, 0) is 4.74 Å². The van der Waals surface area contributed by atoms with Gasteiger partial charge in [-0.05, 0) is 37.1 Å². The lowest BCUT2D eigenvalue weighted by Gasteiger charge is -2.37. The normalized spacial score (nSPS) is 25.3. The number of ether oxygens (including phenoxy) is 2. The number of nitrogens with zero attached hydrogens (tertiary/aromatic N) is 2. The molecule has 23 heavy (non-hydrogen) atoms. The van der Waals surface area contributed by atoms with Gasteiger partial charge in [0.05, 0.1) is 13.7 Å². The smallest absolute Gasteiger partial charge is 0.410 e. The summed E-state index contributed by atoms with van der Waals surface area (Å²) in [5.41, 5.74) is 0.849. The van der Waals surface area contributed by atoms with Crippen molar-refractivity contribution in [2.75, 3.05) is 40.3 Å². The molecule has 2 fully saturated rings. The van der Waals surface area contributed by atoms with Crippen molar-refractivity contribution < 1.29 is 14.3 Å². The van der Waals surface area contributed by atoms with Crippen molar-refractivity contribution in [2.45, 2.75) is 18.4 Å². The number of methoxy groups -OCH3 is 1. The van der Waals surface area contributed by atoms with E-state index in [1.807, 2.05) is 24.3 Å². The zero-order chi connectivity index (χ0) is 16.3. The van der Waals surface area contributed by atoms with E-state index in [9.17, 15) is 4.79 Å². The zero-order valence-corrected chi connectivity index (χ0v) is 13.8. The molecular weight excluding hydrogens is 292 g/mol. The Morgan fingerprint density at radius 2 is 2.09 bits per heavy atom. The first-order chi connectivity index (χ1) is 11.1. The van der Waals surface area contributed by atoms with Gasteiger partial charge in [-0.1, -0.05) is 24.3 Å². The number of hydrogen-bond acceptors (Lipinski definition) is 4. The number of rotatable bonds is 4. The number of hydrogen-bond donors (Lipinski definition) is 0. The number of amides is 1. The lowest BCUT2D eigenvalue weighted by Crippen LogP contribution is -2.50. The Balaban J connectivity index is 1.55. The van der Waals surface area contributed by atoms with Crippen LogP contribution in [0.4, 0.5) is 4.79 Å². The molecule has 1 amide bonds. The molecule has 0 N–H and O–H groups in total. The molecule has 3 rings (SSSR count). The van der Waals surface area contributed by atoms with Gasteiger partial charge < -0.3 is 14.4 Å². The monoisotopic (exact) mass is 316 g/mol. The number of piperidine rings is 1. The van der Waals surface area contributed by atoms with Gasteiger partial charge >= 0.3 is 6.09 Å². The second-order valence-corrected chi connectivity index (χ2v) is 6.42. The van der Waals surface area contributed by atoms with Gasteiger partial charge in [0.25, 0.3) is 0 Å². The zero-order valence-electron chi connectivity index (χ0n) is 13.8. The molecule has 2 aliphatic rings. The van der Waals surface area contributed by atoms with Gasteiger partial charge in [0.15, 0.2) is 0 Å². The average Bonchev–Trinajstić information content (AvgIpc) is 2.81. The van der Waals surface area contributed by atoms with Crippen LogP contribution in [0.1, 0.15) is 18.4 Å². The fourth-order valence-corrected chi connectivity index (χ4v) is 3.40. The summed E-state index contributed by atoms with van der Waals surface area (Å²) in [5, 5.41) is 0. The third kappa shape index (κ3) is 3.67. The second kappa shape index (κ2) is 6.62. The van der Waals surface area contributed by atoms with E-state index < -0.39 is 0 Å². The highest BCUT2D eigenvalue weighted by Crippen LogP contribution is 2.31. The van der Waals surface area contributed by atoms with Gasteiger partial charge in [-0.15, -0.1) is 0 Å². The number of likely N-dealkylation sites (N-methyl/N-ethyl adjacent to an activating group) is 1. The molecule has 1 aromatic carbocycles. The average molecular weight is 316 g/mol. The highest BCUT2D eigenvalue weighted by Gasteiger charge is 2.46. The Kier molecular flexibility index (Phi) is 4.57. The molecule has 0 bridgehead atoms. The molecule has 2 heterocycles. The van der Waals surface area contributed by atoms with E-state index in [4.69, 9.17) is 9.47 Å². The Morgan fingerprint density at radius 3 is 2.74 bits per heavy atom. The van der Waals surface area contributed by atoms with Crippen molar-refractivity contribution >= 4 is 12.2 Å². The third-order valence-corrected chi connectivity index (χ3v) is 4.55. The third-order valence-electron chi connectivity index (χ3n) is 4.55. The molecule has 124 valence electrons. The maximum atomic E-state index is 11.7. The summed E-state index contributed by atoms with van der Waals surface area (Å²) in [6, 6.07) is 8.01. The van der Waals surface area contributed by atoms with Crippen molar-refractivity contribution in [1.82, 2.24) is 9.80 Å². The molecule has 1 aromatic rings. The fraction of sp³-hybridized carbons (Fsp3) is 0.500. The van der Waals surface area contributed by atoms with Crippen LogP contribution in [0.15, 0.2) is 30.3 Å². The molecule has 1 atom stereocenters. The van der Waals surface area contributed by atoms with Gasteiger partial charge in [0.2, 0.25) is 0 Å². The fourth-order valence-electron chi connectivity index (χ4n) is 3.40. The standard InChI is InChI=1S/C18H24N2O3/c1-19-13-18(23-17(19)21)10-4-12-20(14-18)11-3-5-15-6-8-16(22-2)9-7-15/h3,5-9H,4,10-14H2,1-2H3/b5-3+/t18-/m0/s1. The van der Waals surface area contributed by atoms with Crippen molar-refractivity contribution in [2.24, 2.45) is 0 Å². The molecule has 1 spiro atoms. The van der Waals surface area contributed by atoms with Gasteiger partial charge in [-0.25, -0.2) is 4.79 Å². The maximum absolute atomic E-state index is 11.7. The van der Waals surface area contributed by atoms with Crippen LogP contribution in [-0.4, -0.2) is 61.8 Å². The second-order valence-electron chi connectivity index (χ2n) is 6.42. The Labute approximate surface area is 137 Å². The molecule has 2 saturated heterocycles. The Morgan fingerprint density at radius 1 is 1.30 bits per heavy atom. The minimum absolute atomic E-state index is 0.194. The van der Waals surface area contributed by atoms with E-state index in [0.717, 1.165) is 43.8 Å². The van der Waals surface area contributed by atoms with E-state index in [1.165, 1.54) is 0 Å². The minimum Gasteiger partial charge on any atom is -0.497 e. The van der Waals surface area contributed by atoms with E-state index >= 15 is 0 Å².